The van der Waals surface area contributed by atoms with E-state index in [1.807, 2.05) is 59.5 Å². The number of thioether (sulfide) groups is 1. The topological polar surface area (TPSA) is 51.0 Å². The molecule has 7 heteroatoms. The largest absolute Gasteiger partial charge is 0.308 e. The molecule has 0 radical (unpaired) electrons. The zero-order valence-electron chi connectivity index (χ0n) is 17.1. The summed E-state index contributed by atoms with van der Waals surface area (Å²) in [6, 6.07) is 22.6. The Balaban J connectivity index is 1.39. The molecule has 0 N–H and O–H groups in total. The second-order valence-electron chi connectivity index (χ2n) is 7.56. The molecule has 0 spiro atoms. The number of aromatic nitrogens is 3. The van der Waals surface area contributed by atoms with E-state index in [0.717, 1.165) is 28.8 Å². The van der Waals surface area contributed by atoms with E-state index in [9.17, 15) is 4.79 Å². The molecule has 1 aliphatic rings. The molecule has 1 aliphatic heterocycles. The lowest BCUT2D eigenvalue weighted by Gasteiger charge is -2.22. The highest BCUT2D eigenvalue weighted by atomic mass is 32.2. The highest BCUT2D eigenvalue weighted by Gasteiger charge is 2.30. The van der Waals surface area contributed by atoms with Crippen molar-refractivity contribution in [2.24, 2.45) is 0 Å². The summed E-state index contributed by atoms with van der Waals surface area (Å²) in [6.45, 7) is 2.11. The van der Waals surface area contributed by atoms with Gasteiger partial charge >= 0.3 is 0 Å². The molecule has 0 bridgehead atoms. The Bertz CT molecular complexity index is 1190. The maximum absolute atomic E-state index is 13.2. The van der Waals surface area contributed by atoms with E-state index in [4.69, 9.17) is 0 Å². The second kappa shape index (κ2) is 8.69. The van der Waals surface area contributed by atoms with Crippen LogP contribution in [-0.2, 0) is 17.6 Å². The third-order valence-electron chi connectivity index (χ3n) is 5.43. The van der Waals surface area contributed by atoms with Crippen LogP contribution in [0.25, 0.3) is 5.69 Å². The van der Waals surface area contributed by atoms with Gasteiger partial charge in [0.2, 0.25) is 5.91 Å². The predicted octanol–water partition coefficient (Wildman–Crippen LogP) is 4.99. The second-order valence-corrected chi connectivity index (χ2v) is 9.53. The lowest BCUT2D eigenvalue weighted by molar-refractivity contribution is -0.116. The maximum Gasteiger partial charge on any atom is 0.237 e. The first kappa shape index (κ1) is 20.0. The molecule has 0 aliphatic carbocycles. The smallest absolute Gasteiger partial charge is 0.237 e. The van der Waals surface area contributed by atoms with Crippen LogP contribution in [0.4, 0.5) is 5.69 Å². The van der Waals surface area contributed by atoms with Crippen molar-refractivity contribution in [2.45, 2.75) is 31.0 Å². The van der Waals surface area contributed by atoms with Gasteiger partial charge in [-0.15, -0.1) is 21.5 Å². The van der Waals surface area contributed by atoms with Crippen molar-refractivity contribution in [1.29, 1.82) is 0 Å². The number of thiophene rings is 1. The van der Waals surface area contributed by atoms with Crippen LogP contribution in [0.15, 0.2) is 77.3 Å². The Morgan fingerprint density at radius 2 is 1.87 bits per heavy atom. The lowest BCUT2D eigenvalue weighted by atomic mass is 10.1. The minimum atomic E-state index is 0.102. The highest BCUT2D eigenvalue weighted by Crippen LogP contribution is 2.33. The van der Waals surface area contributed by atoms with Crippen LogP contribution in [0.3, 0.4) is 0 Å². The number of nitrogens with zero attached hydrogens (tertiary/aromatic N) is 4. The Morgan fingerprint density at radius 3 is 2.68 bits per heavy atom. The standard InChI is InChI=1S/C24H22N4OS2/c1-17-14-18-8-5-6-12-21(18)27(17)23(29)16-31-24-26-25-22(15-20-11-7-13-30-20)28(24)19-9-3-2-4-10-19/h2-13,17H,14-16H2,1H3/t17-/m0/s1. The molecule has 5 rings (SSSR count). The zero-order valence-corrected chi connectivity index (χ0v) is 18.8. The molecule has 0 fully saturated rings. The third kappa shape index (κ3) is 4.03. The molecule has 0 saturated heterocycles. The fourth-order valence-electron chi connectivity index (χ4n) is 4.06. The number of rotatable bonds is 6. The fraction of sp³-hybridized carbons (Fsp3) is 0.208. The van der Waals surface area contributed by atoms with E-state index >= 15 is 0 Å². The van der Waals surface area contributed by atoms with Crippen molar-refractivity contribution in [3.8, 4) is 5.69 Å². The van der Waals surface area contributed by atoms with Crippen LogP contribution in [0.2, 0.25) is 0 Å². The van der Waals surface area contributed by atoms with Gasteiger partial charge in [-0.3, -0.25) is 9.36 Å². The molecule has 156 valence electrons. The number of amides is 1. The van der Waals surface area contributed by atoms with Gasteiger partial charge in [0, 0.05) is 28.7 Å². The van der Waals surface area contributed by atoms with Gasteiger partial charge in [-0.1, -0.05) is 54.2 Å². The molecule has 1 amide bonds. The molecule has 0 saturated carbocycles. The van der Waals surface area contributed by atoms with Crippen molar-refractivity contribution in [2.75, 3.05) is 10.7 Å². The molecule has 3 heterocycles. The number of hydrogen-bond donors (Lipinski definition) is 0. The van der Waals surface area contributed by atoms with Crippen molar-refractivity contribution in [3.63, 3.8) is 0 Å². The van der Waals surface area contributed by atoms with Gasteiger partial charge in [0.15, 0.2) is 5.16 Å². The van der Waals surface area contributed by atoms with E-state index in [0.29, 0.717) is 12.2 Å². The summed E-state index contributed by atoms with van der Waals surface area (Å²) < 4.78 is 2.07. The number of carbonyl (C=O) groups is 1. The first-order chi connectivity index (χ1) is 15.2. The molecule has 1 atom stereocenters. The predicted molar refractivity (Wildman–Crippen MR) is 126 cm³/mol. The summed E-state index contributed by atoms with van der Waals surface area (Å²) in [5.74, 6) is 1.30. The van der Waals surface area contributed by atoms with Crippen LogP contribution in [0.1, 0.15) is 23.2 Å². The minimum absolute atomic E-state index is 0.102. The van der Waals surface area contributed by atoms with E-state index < -0.39 is 0 Å². The average Bonchev–Trinajstić information content (AvgIpc) is 3.51. The van der Waals surface area contributed by atoms with Crippen LogP contribution in [0.5, 0.6) is 0 Å². The molecule has 4 aromatic rings. The summed E-state index contributed by atoms with van der Waals surface area (Å²) >= 11 is 3.16. The van der Waals surface area contributed by atoms with Gasteiger partial charge in [0.25, 0.3) is 0 Å². The summed E-state index contributed by atoms with van der Waals surface area (Å²) in [4.78, 5) is 16.3. The Hall–Kier alpha value is -2.90. The molecular formula is C24H22N4OS2. The fourth-order valence-corrected chi connectivity index (χ4v) is 5.59. The lowest BCUT2D eigenvalue weighted by Crippen LogP contribution is -2.37. The van der Waals surface area contributed by atoms with Gasteiger partial charge in [-0.25, -0.2) is 0 Å². The number of fused-ring (bicyclic) bond motifs is 1. The summed E-state index contributed by atoms with van der Waals surface area (Å²) in [5, 5.41) is 11.7. The van der Waals surface area contributed by atoms with Crippen LogP contribution < -0.4 is 4.90 Å². The van der Waals surface area contributed by atoms with Crippen LogP contribution in [-0.4, -0.2) is 32.5 Å². The van der Waals surface area contributed by atoms with Gasteiger partial charge in [-0.2, -0.15) is 0 Å². The Labute approximate surface area is 189 Å². The molecular weight excluding hydrogens is 424 g/mol. The van der Waals surface area contributed by atoms with Crippen molar-refractivity contribution in [1.82, 2.24) is 14.8 Å². The summed E-state index contributed by atoms with van der Waals surface area (Å²) in [5.41, 5.74) is 3.27. The molecule has 2 aromatic heterocycles. The average molecular weight is 447 g/mol. The zero-order chi connectivity index (χ0) is 21.2. The van der Waals surface area contributed by atoms with Crippen molar-refractivity contribution >= 4 is 34.7 Å². The van der Waals surface area contributed by atoms with Gasteiger partial charge in [-0.05, 0) is 48.6 Å². The first-order valence-electron chi connectivity index (χ1n) is 10.3. The van der Waals surface area contributed by atoms with E-state index in [-0.39, 0.29) is 11.9 Å². The molecule has 2 aromatic carbocycles. The summed E-state index contributed by atoms with van der Waals surface area (Å²) in [7, 11) is 0. The van der Waals surface area contributed by atoms with E-state index in [2.05, 4.69) is 39.2 Å². The first-order valence-corrected chi connectivity index (χ1v) is 12.1. The quantitative estimate of drug-likeness (QED) is 0.392. The normalized spacial score (nSPS) is 15.3. The van der Waals surface area contributed by atoms with Gasteiger partial charge in [0.05, 0.1) is 5.75 Å². The maximum atomic E-state index is 13.2. The monoisotopic (exact) mass is 446 g/mol. The SMILES string of the molecule is C[C@H]1Cc2ccccc2N1C(=O)CSc1nnc(Cc2cccs2)n1-c1ccccc1. The van der Waals surface area contributed by atoms with Gasteiger partial charge < -0.3 is 4.90 Å². The van der Waals surface area contributed by atoms with Crippen LogP contribution in [0, 0.1) is 0 Å². The Kier molecular flexibility index (Phi) is 5.61. The summed E-state index contributed by atoms with van der Waals surface area (Å²) in [6.07, 6.45) is 1.61. The van der Waals surface area contributed by atoms with E-state index in [1.54, 1.807) is 11.3 Å². The van der Waals surface area contributed by atoms with Crippen molar-refractivity contribution in [3.05, 3.63) is 88.4 Å². The molecule has 5 nitrogen and oxygen atoms in total. The van der Waals surface area contributed by atoms with Crippen LogP contribution >= 0.6 is 23.1 Å². The highest BCUT2D eigenvalue weighted by molar-refractivity contribution is 7.99. The van der Waals surface area contributed by atoms with Crippen molar-refractivity contribution < 1.29 is 4.79 Å². The number of benzene rings is 2. The molecule has 0 unspecified atom stereocenters. The number of carbonyl (C=O) groups excluding carboxylic acids is 1. The third-order valence-corrected chi connectivity index (χ3v) is 7.22. The van der Waals surface area contributed by atoms with E-state index in [1.165, 1.54) is 22.2 Å². The number of anilines is 1. The number of hydrogen-bond acceptors (Lipinski definition) is 5. The minimum Gasteiger partial charge on any atom is -0.308 e. The Morgan fingerprint density at radius 1 is 1.06 bits per heavy atom. The number of para-hydroxylation sites is 2. The molecule has 31 heavy (non-hydrogen) atoms. The van der Waals surface area contributed by atoms with Gasteiger partial charge in [0.1, 0.15) is 5.82 Å².